The third kappa shape index (κ3) is 4.04. The lowest BCUT2D eigenvalue weighted by atomic mass is 10.1. The molecule has 3 aromatic heterocycles. The van der Waals surface area contributed by atoms with Gasteiger partial charge in [-0.15, -0.1) is 10.2 Å². The molecular formula is C19H17N7OS. The minimum Gasteiger partial charge on any atom is -0.366 e. The Kier molecular flexibility index (Phi) is 5.07. The largest absolute Gasteiger partial charge is 0.366 e. The minimum absolute atomic E-state index is 0.268. The molecule has 4 aromatic rings. The van der Waals surface area contributed by atoms with Crippen LogP contribution in [0.5, 0.6) is 0 Å². The maximum absolute atomic E-state index is 12.2. The van der Waals surface area contributed by atoms with Crippen LogP contribution < -0.4 is 10.6 Å². The van der Waals surface area contributed by atoms with E-state index in [9.17, 15) is 4.79 Å². The average molecular weight is 391 g/mol. The first kappa shape index (κ1) is 17.8. The fraction of sp³-hybridized carbons (Fsp3) is 0.105. The van der Waals surface area contributed by atoms with E-state index >= 15 is 0 Å². The number of nitrogens with zero attached hydrogens (tertiary/aromatic N) is 5. The summed E-state index contributed by atoms with van der Waals surface area (Å²) < 4.78 is 1.86. The highest BCUT2D eigenvalue weighted by Gasteiger charge is 2.09. The second-order valence-electron chi connectivity index (χ2n) is 6.01. The fourth-order valence-electron chi connectivity index (χ4n) is 2.65. The fourth-order valence-corrected chi connectivity index (χ4v) is 3.09. The molecule has 9 heteroatoms. The summed E-state index contributed by atoms with van der Waals surface area (Å²) in [7, 11) is 0. The quantitative estimate of drug-likeness (QED) is 0.523. The number of rotatable bonds is 6. The number of nitrogens with one attached hydrogen (secondary N) is 2. The second-order valence-corrected chi connectivity index (χ2v) is 6.85. The normalized spacial score (nSPS) is 10.6. The molecule has 0 unspecified atom stereocenters. The standard InChI is InChI=1S/C19H17N7OS/c1-13-8-9-26(25-13)16-5-3-2-4-14(16)10-20-17-7-6-15(11-21-17)18(27)23-19-24-22-12-28-19/h2-9,11-12H,10H2,1H3,(H,20,21)(H,23,24,27). The number of para-hydroxylation sites is 1. The van der Waals surface area contributed by atoms with E-state index in [0.29, 0.717) is 23.1 Å². The molecule has 0 aliphatic heterocycles. The third-order valence-electron chi connectivity index (χ3n) is 4.03. The van der Waals surface area contributed by atoms with Crippen LogP contribution in [0.1, 0.15) is 21.6 Å². The molecule has 0 fully saturated rings. The molecule has 28 heavy (non-hydrogen) atoms. The van der Waals surface area contributed by atoms with Gasteiger partial charge < -0.3 is 5.32 Å². The van der Waals surface area contributed by atoms with Gasteiger partial charge in [-0.2, -0.15) is 5.10 Å². The van der Waals surface area contributed by atoms with Crippen LogP contribution in [0.3, 0.4) is 0 Å². The van der Waals surface area contributed by atoms with Crippen LogP contribution >= 0.6 is 11.3 Å². The molecule has 0 spiro atoms. The molecule has 0 atom stereocenters. The molecule has 140 valence electrons. The average Bonchev–Trinajstić information content (AvgIpc) is 3.39. The third-order valence-corrected chi connectivity index (χ3v) is 4.63. The molecule has 2 N–H and O–H groups in total. The maximum atomic E-state index is 12.2. The van der Waals surface area contributed by atoms with E-state index in [1.807, 2.05) is 48.1 Å². The molecule has 0 aliphatic rings. The summed E-state index contributed by atoms with van der Waals surface area (Å²) in [5.41, 5.74) is 5.07. The molecule has 8 nitrogen and oxygen atoms in total. The molecule has 0 radical (unpaired) electrons. The van der Waals surface area contributed by atoms with Gasteiger partial charge in [0, 0.05) is 18.9 Å². The lowest BCUT2D eigenvalue weighted by Gasteiger charge is -2.11. The summed E-state index contributed by atoms with van der Waals surface area (Å²) in [6, 6.07) is 13.5. The van der Waals surface area contributed by atoms with Gasteiger partial charge in [-0.05, 0) is 36.8 Å². The van der Waals surface area contributed by atoms with Gasteiger partial charge in [-0.1, -0.05) is 29.5 Å². The second kappa shape index (κ2) is 7.97. The lowest BCUT2D eigenvalue weighted by Crippen LogP contribution is -2.12. The van der Waals surface area contributed by atoms with Crippen LogP contribution in [-0.2, 0) is 6.54 Å². The number of pyridine rings is 1. The molecule has 0 aliphatic carbocycles. The van der Waals surface area contributed by atoms with Gasteiger partial charge >= 0.3 is 0 Å². The predicted molar refractivity (Wildman–Crippen MR) is 108 cm³/mol. The Morgan fingerprint density at radius 1 is 1.18 bits per heavy atom. The maximum Gasteiger partial charge on any atom is 0.259 e. The van der Waals surface area contributed by atoms with Crippen molar-refractivity contribution in [2.45, 2.75) is 13.5 Å². The molecule has 3 heterocycles. The zero-order valence-corrected chi connectivity index (χ0v) is 15.8. The number of aromatic nitrogens is 5. The summed E-state index contributed by atoms with van der Waals surface area (Å²) in [6.45, 7) is 2.54. The van der Waals surface area contributed by atoms with Crippen molar-refractivity contribution in [3.8, 4) is 5.69 Å². The lowest BCUT2D eigenvalue weighted by molar-refractivity contribution is 0.102. The number of carbonyl (C=O) groups excluding carboxylic acids is 1. The molecule has 1 aromatic carbocycles. The van der Waals surface area contributed by atoms with Crippen molar-refractivity contribution in [2.75, 3.05) is 10.6 Å². The number of aryl methyl sites for hydroxylation is 1. The summed E-state index contributed by atoms with van der Waals surface area (Å²) in [6.07, 6.45) is 3.47. The summed E-state index contributed by atoms with van der Waals surface area (Å²) in [5, 5.41) is 18.4. The molecule has 0 bridgehead atoms. The van der Waals surface area contributed by atoms with Crippen LogP contribution in [-0.4, -0.2) is 30.9 Å². The first-order chi connectivity index (χ1) is 13.7. The van der Waals surface area contributed by atoms with Gasteiger partial charge in [0.15, 0.2) is 0 Å². The van der Waals surface area contributed by atoms with Crippen LogP contribution in [0.25, 0.3) is 5.69 Å². The van der Waals surface area contributed by atoms with Gasteiger partial charge in [0.05, 0.1) is 16.9 Å². The highest BCUT2D eigenvalue weighted by molar-refractivity contribution is 7.13. The van der Waals surface area contributed by atoms with Crippen molar-refractivity contribution in [1.82, 2.24) is 25.0 Å². The molecular weight excluding hydrogens is 374 g/mol. The number of hydrogen-bond donors (Lipinski definition) is 2. The first-order valence-electron chi connectivity index (χ1n) is 8.57. The summed E-state index contributed by atoms with van der Waals surface area (Å²) >= 11 is 1.26. The Bertz CT molecular complexity index is 1070. The van der Waals surface area contributed by atoms with Gasteiger partial charge in [-0.3, -0.25) is 10.1 Å². The highest BCUT2D eigenvalue weighted by atomic mass is 32.1. The van der Waals surface area contributed by atoms with E-state index in [4.69, 9.17) is 0 Å². The predicted octanol–water partition coefficient (Wildman–Crippen LogP) is 3.29. The van der Waals surface area contributed by atoms with Gasteiger partial charge in [0.2, 0.25) is 5.13 Å². The van der Waals surface area contributed by atoms with Crippen molar-refractivity contribution in [1.29, 1.82) is 0 Å². The van der Waals surface area contributed by atoms with Crippen molar-refractivity contribution < 1.29 is 4.79 Å². The van der Waals surface area contributed by atoms with E-state index in [1.54, 1.807) is 17.6 Å². The number of carbonyl (C=O) groups is 1. The Morgan fingerprint density at radius 3 is 2.79 bits per heavy atom. The van der Waals surface area contributed by atoms with Crippen LogP contribution in [0.15, 0.2) is 60.4 Å². The van der Waals surface area contributed by atoms with Crippen LogP contribution in [0.4, 0.5) is 10.9 Å². The van der Waals surface area contributed by atoms with Crippen molar-refractivity contribution >= 4 is 28.2 Å². The van der Waals surface area contributed by atoms with Crippen molar-refractivity contribution in [3.05, 3.63) is 77.2 Å². The zero-order valence-electron chi connectivity index (χ0n) is 15.0. The zero-order chi connectivity index (χ0) is 19.3. The Morgan fingerprint density at radius 2 is 2.07 bits per heavy atom. The van der Waals surface area contributed by atoms with Gasteiger partial charge in [0.25, 0.3) is 5.91 Å². The molecule has 0 saturated carbocycles. The van der Waals surface area contributed by atoms with E-state index in [1.165, 1.54) is 17.5 Å². The van der Waals surface area contributed by atoms with Gasteiger partial charge in [-0.25, -0.2) is 9.67 Å². The first-order valence-corrected chi connectivity index (χ1v) is 9.45. The number of anilines is 2. The number of amides is 1. The van der Waals surface area contributed by atoms with E-state index in [2.05, 4.69) is 30.9 Å². The monoisotopic (exact) mass is 391 g/mol. The van der Waals surface area contributed by atoms with Crippen molar-refractivity contribution in [3.63, 3.8) is 0 Å². The molecule has 1 amide bonds. The Labute approximate surface area is 165 Å². The Hall–Kier alpha value is -3.59. The molecule has 4 rings (SSSR count). The number of benzene rings is 1. The molecule has 0 saturated heterocycles. The van der Waals surface area contributed by atoms with Gasteiger partial charge in [0.1, 0.15) is 11.3 Å². The SMILES string of the molecule is Cc1ccn(-c2ccccc2CNc2ccc(C(=O)Nc3nncs3)cn2)n1. The highest BCUT2D eigenvalue weighted by Crippen LogP contribution is 2.16. The van der Waals surface area contributed by atoms with Crippen LogP contribution in [0.2, 0.25) is 0 Å². The van der Waals surface area contributed by atoms with E-state index in [-0.39, 0.29) is 5.91 Å². The summed E-state index contributed by atoms with van der Waals surface area (Å²) in [4.78, 5) is 16.5. The number of hydrogen-bond acceptors (Lipinski definition) is 7. The topological polar surface area (TPSA) is 97.6 Å². The van der Waals surface area contributed by atoms with E-state index < -0.39 is 0 Å². The van der Waals surface area contributed by atoms with Crippen molar-refractivity contribution in [2.24, 2.45) is 0 Å². The summed E-state index contributed by atoms with van der Waals surface area (Å²) in [5.74, 6) is 0.411. The van der Waals surface area contributed by atoms with Crippen LogP contribution in [0, 0.1) is 6.92 Å². The Balaban J connectivity index is 1.43. The minimum atomic E-state index is -0.268. The van der Waals surface area contributed by atoms with E-state index in [0.717, 1.165) is 16.9 Å². The smallest absolute Gasteiger partial charge is 0.259 e.